The second-order valence-electron chi connectivity index (χ2n) is 5.92. The minimum Gasteiger partial charge on any atom is -0.496 e. The normalized spacial score (nSPS) is 15.0. The third-order valence-corrected chi connectivity index (χ3v) is 4.29. The zero-order chi connectivity index (χ0) is 20.3. The molecule has 2 aromatic rings. The number of methoxy groups -OCH3 is 3. The molecule has 28 heavy (non-hydrogen) atoms. The Bertz CT molecular complexity index is 932. The van der Waals surface area contributed by atoms with Gasteiger partial charge in [-0.1, -0.05) is 18.2 Å². The molecule has 8 heteroatoms. The van der Waals surface area contributed by atoms with E-state index in [1.165, 1.54) is 45.6 Å². The molecule has 2 aromatic carbocycles. The largest absolute Gasteiger partial charge is 0.496 e. The number of rotatable bonds is 6. The molecule has 3 amide bonds. The molecule has 1 fully saturated rings. The van der Waals surface area contributed by atoms with Gasteiger partial charge in [0, 0.05) is 17.7 Å². The number of halogens is 1. The highest BCUT2D eigenvalue weighted by atomic mass is 19.1. The van der Waals surface area contributed by atoms with E-state index in [0.717, 1.165) is 4.90 Å². The van der Waals surface area contributed by atoms with Crippen LogP contribution in [0.15, 0.2) is 42.1 Å². The van der Waals surface area contributed by atoms with Gasteiger partial charge in [-0.05, 0) is 12.1 Å². The zero-order valence-corrected chi connectivity index (χ0v) is 15.6. The fourth-order valence-electron chi connectivity index (χ4n) is 2.83. The van der Waals surface area contributed by atoms with Crippen LogP contribution in [0.1, 0.15) is 11.1 Å². The van der Waals surface area contributed by atoms with Gasteiger partial charge in [0.05, 0.1) is 33.4 Å². The second kappa shape index (κ2) is 7.99. The summed E-state index contributed by atoms with van der Waals surface area (Å²) < 4.78 is 29.8. The molecule has 0 aromatic heterocycles. The summed E-state index contributed by atoms with van der Waals surface area (Å²) in [5, 5.41) is 2.51. The highest BCUT2D eigenvalue weighted by Gasteiger charge is 2.34. The fourth-order valence-corrected chi connectivity index (χ4v) is 2.83. The number of nitrogens with zero attached hydrogens (tertiary/aromatic N) is 1. The molecule has 1 aliphatic heterocycles. The summed E-state index contributed by atoms with van der Waals surface area (Å²) in [5.74, 6) is 0.252. The molecule has 3 rings (SSSR count). The second-order valence-corrected chi connectivity index (χ2v) is 5.92. The van der Waals surface area contributed by atoms with Gasteiger partial charge in [-0.2, -0.15) is 0 Å². The number of benzene rings is 2. The first-order valence-electron chi connectivity index (χ1n) is 8.36. The van der Waals surface area contributed by atoms with Crippen LogP contribution < -0.4 is 19.5 Å². The van der Waals surface area contributed by atoms with Gasteiger partial charge in [0.1, 0.15) is 28.8 Å². The maximum Gasteiger partial charge on any atom is 0.329 e. The molecule has 0 bridgehead atoms. The summed E-state index contributed by atoms with van der Waals surface area (Å²) in [6.45, 7) is -0.175. The van der Waals surface area contributed by atoms with Gasteiger partial charge >= 0.3 is 6.03 Å². The molecule has 1 N–H and O–H groups in total. The molecule has 1 heterocycles. The van der Waals surface area contributed by atoms with Crippen LogP contribution in [0, 0.1) is 5.82 Å². The molecule has 0 atom stereocenters. The maximum absolute atomic E-state index is 13.9. The van der Waals surface area contributed by atoms with Gasteiger partial charge in [-0.25, -0.2) is 9.18 Å². The Morgan fingerprint density at radius 2 is 1.68 bits per heavy atom. The van der Waals surface area contributed by atoms with Crippen LogP contribution in [0.3, 0.4) is 0 Å². The van der Waals surface area contributed by atoms with Crippen molar-refractivity contribution in [3.63, 3.8) is 0 Å². The Kier molecular flexibility index (Phi) is 5.49. The van der Waals surface area contributed by atoms with E-state index in [2.05, 4.69) is 5.32 Å². The summed E-state index contributed by atoms with van der Waals surface area (Å²) in [6.07, 6.45) is 1.46. The summed E-state index contributed by atoms with van der Waals surface area (Å²) in [5.41, 5.74) is 0.733. The number of hydrogen-bond donors (Lipinski definition) is 1. The van der Waals surface area contributed by atoms with Crippen molar-refractivity contribution in [1.82, 2.24) is 10.2 Å². The van der Waals surface area contributed by atoms with Gasteiger partial charge in [0.2, 0.25) is 0 Å². The molecule has 1 aliphatic rings. The smallest absolute Gasteiger partial charge is 0.329 e. The number of imide groups is 1. The third kappa shape index (κ3) is 3.62. The summed E-state index contributed by atoms with van der Waals surface area (Å²) in [4.78, 5) is 25.9. The monoisotopic (exact) mass is 386 g/mol. The lowest BCUT2D eigenvalue weighted by molar-refractivity contribution is -0.123. The topological polar surface area (TPSA) is 77.1 Å². The molecule has 0 saturated carbocycles. The van der Waals surface area contributed by atoms with Crippen molar-refractivity contribution < 1.29 is 28.2 Å². The Morgan fingerprint density at radius 1 is 1.04 bits per heavy atom. The van der Waals surface area contributed by atoms with Crippen LogP contribution in [0.2, 0.25) is 0 Å². The van der Waals surface area contributed by atoms with E-state index >= 15 is 0 Å². The summed E-state index contributed by atoms with van der Waals surface area (Å²) in [7, 11) is 4.44. The van der Waals surface area contributed by atoms with Crippen LogP contribution in [-0.4, -0.2) is 38.2 Å². The number of nitrogens with one attached hydrogen (secondary N) is 1. The van der Waals surface area contributed by atoms with E-state index in [9.17, 15) is 14.0 Å². The Labute approximate surface area is 161 Å². The van der Waals surface area contributed by atoms with E-state index in [-0.39, 0.29) is 17.8 Å². The average molecular weight is 386 g/mol. The average Bonchev–Trinajstić information content (AvgIpc) is 2.97. The minimum absolute atomic E-state index is 0.0307. The predicted molar refractivity (Wildman–Crippen MR) is 99.6 cm³/mol. The fraction of sp³-hybridized carbons (Fsp3) is 0.200. The summed E-state index contributed by atoms with van der Waals surface area (Å²) in [6, 6.07) is 8.61. The third-order valence-electron chi connectivity index (χ3n) is 4.29. The molecule has 7 nitrogen and oxygen atoms in total. The van der Waals surface area contributed by atoms with E-state index in [0.29, 0.717) is 22.8 Å². The Morgan fingerprint density at radius 3 is 2.25 bits per heavy atom. The SMILES string of the molecule is COc1cc(OC)c(/C=C2\NC(=O)N(Cc3ccccc3F)C2=O)c(OC)c1. The molecule has 0 radical (unpaired) electrons. The molecule has 0 unspecified atom stereocenters. The molecular weight excluding hydrogens is 367 g/mol. The highest BCUT2D eigenvalue weighted by molar-refractivity contribution is 6.14. The molecule has 0 spiro atoms. The first-order valence-corrected chi connectivity index (χ1v) is 8.36. The number of urea groups is 1. The molecule has 1 saturated heterocycles. The van der Waals surface area contributed by atoms with Gasteiger partial charge < -0.3 is 19.5 Å². The molecule has 146 valence electrons. The maximum atomic E-state index is 13.9. The number of amides is 3. The van der Waals surface area contributed by atoms with E-state index in [1.54, 1.807) is 18.2 Å². The first-order chi connectivity index (χ1) is 13.5. The Balaban J connectivity index is 1.95. The summed E-state index contributed by atoms with van der Waals surface area (Å²) >= 11 is 0. The van der Waals surface area contributed by atoms with Gasteiger partial charge in [-0.3, -0.25) is 9.69 Å². The lowest BCUT2D eigenvalue weighted by Crippen LogP contribution is -2.30. The van der Waals surface area contributed by atoms with E-state index < -0.39 is 17.8 Å². The Hall–Kier alpha value is -3.55. The highest BCUT2D eigenvalue weighted by Crippen LogP contribution is 2.36. The van der Waals surface area contributed by atoms with E-state index in [1.807, 2.05) is 0 Å². The van der Waals surface area contributed by atoms with Crippen molar-refractivity contribution in [2.75, 3.05) is 21.3 Å². The van der Waals surface area contributed by atoms with Crippen molar-refractivity contribution in [3.05, 3.63) is 59.0 Å². The lowest BCUT2D eigenvalue weighted by Gasteiger charge is -2.13. The number of hydrogen-bond acceptors (Lipinski definition) is 5. The molecular formula is C20H19FN2O5. The molecule has 0 aliphatic carbocycles. The van der Waals surface area contributed by atoms with Crippen LogP contribution in [0.5, 0.6) is 17.2 Å². The standard InChI is InChI=1S/C20H19FN2O5/c1-26-13-8-17(27-2)14(18(9-13)28-3)10-16-19(24)23(20(25)22-16)11-12-6-4-5-7-15(12)21/h4-10H,11H2,1-3H3,(H,22,25)/b16-10-. The number of carbonyl (C=O) groups excluding carboxylic acids is 2. The van der Waals surface area contributed by atoms with Gasteiger partial charge in [0.15, 0.2) is 0 Å². The van der Waals surface area contributed by atoms with Crippen LogP contribution >= 0.6 is 0 Å². The van der Waals surface area contributed by atoms with Crippen molar-refractivity contribution in [2.45, 2.75) is 6.54 Å². The van der Waals surface area contributed by atoms with Crippen molar-refractivity contribution in [3.8, 4) is 17.2 Å². The number of carbonyl (C=O) groups is 2. The predicted octanol–water partition coefficient (Wildman–Crippen LogP) is 2.94. The van der Waals surface area contributed by atoms with Crippen molar-refractivity contribution >= 4 is 18.0 Å². The minimum atomic E-state index is -0.633. The lowest BCUT2D eigenvalue weighted by atomic mass is 10.1. The van der Waals surface area contributed by atoms with E-state index in [4.69, 9.17) is 14.2 Å². The van der Waals surface area contributed by atoms with Gasteiger partial charge in [-0.15, -0.1) is 0 Å². The van der Waals surface area contributed by atoms with Crippen molar-refractivity contribution in [2.24, 2.45) is 0 Å². The zero-order valence-electron chi connectivity index (χ0n) is 15.6. The van der Waals surface area contributed by atoms with Crippen molar-refractivity contribution in [1.29, 1.82) is 0 Å². The van der Waals surface area contributed by atoms with Crippen LogP contribution in [0.25, 0.3) is 6.08 Å². The van der Waals surface area contributed by atoms with Crippen LogP contribution in [0.4, 0.5) is 9.18 Å². The quantitative estimate of drug-likeness (QED) is 0.610. The first kappa shape index (κ1) is 19.2. The number of ether oxygens (including phenoxy) is 3. The van der Waals surface area contributed by atoms with Gasteiger partial charge in [0.25, 0.3) is 5.91 Å². The van der Waals surface area contributed by atoms with Crippen LogP contribution in [-0.2, 0) is 11.3 Å².